The fourth-order valence-corrected chi connectivity index (χ4v) is 3.89. The fraction of sp³-hybridized carbons (Fsp3) is 0.962. The highest BCUT2D eigenvalue weighted by Crippen LogP contribution is 2.19. The van der Waals surface area contributed by atoms with Crippen molar-refractivity contribution in [1.82, 2.24) is 0 Å². The molecule has 0 fully saturated rings. The minimum Gasteiger partial charge on any atom is -0.465 e. The van der Waals surface area contributed by atoms with Crippen molar-refractivity contribution in [3.8, 4) is 0 Å². The quantitative estimate of drug-likeness (QED) is 0.135. The van der Waals surface area contributed by atoms with Crippen molar-refractivity contribution >= 4 is 5.97 Å². The molecule has 2 nitrogen and oxygen atoms in total. The van der Waals surface area contributed by atoms with Gasteiger partial charge in [-0.05, 0) is 25.2 Å². The van der Waals surface area contributed by atoms with Gasteiger partial charge in [-0.2, -0.15) is 0 Å². The van der Waals surface area contributed by atoms with Crippen LogP contribution in [0.5, 0.6) is 0 Å². The zero-order chi connectivity index (χ0) is 20.7. The lowest BCUT2D eigenvalue weighted by atomic mass is 9.95. The molecule has 0 rings (SSSR count). The number of carbonyl (C=O) groups is 1. The zero-order valence-electron chi connectivity index (χ0n) is 19.7. The number of unbranched alkanes of at least 4 members (excludes halogenated alkanes) is 14. The Bertz CT molecular complexity index is 314. The SMILES string of the molecule is CCCCCCCCCCCC(=O)OCC(CCCCC)CCCCCCC. The minimum absolute atomic E-state index is 0.0365. The third-order valence-corrected chi connectivity index (χ3v) is 5.90. The highest BCUT2D eigenvalue weighted by molar-refractivity contribution is 5.69. The summed E-state index contributed by atoms with van der Waals surface area (Å²) in [5, 5.41) is 0. The van der Waals surface area contributed by atoms with Crippen LogP contribution in [0.15, 0.2) is 0 Å². The first-order valence-electron chi connectivity index (χ1n) is 12.9. The third-order valence-electron chi connectivity index (χ3n) is 5.90. The molecule has 0 saturated carbocycles. The molecule has 28 heavy (non-hydrogen) atoms. The van der Waals surface area contributed by atoms with Crippen LogP contribution >= 0.6 is 0 Å². The molecule has 2 heteroatoms. The van der Waals surface area contributed by atoms with Gasteiger partial charge in [0.2, 0.25) is 0 Å². The van der Waals surface area contributed by atoms with Crippen LogP contribution in [0.3, 0.4) is 0 Å². The smallest absolute Gasteiger partial charge is 0.305 e. The molecule has 0 aliphatic carbocycles. The Hall–Kier alpha value is -0.530. The maximum absolute atomic E-state index is 12.1. The summed E-state index contributed by atoms with van der Waals surface area (Å²) >= 11 is 0. The third kappa shape index (κ3) is 20.2. The number of ether oxygens (including phenoxy) is 1. The highest BCUT2D eigenvalue weighted by Gasteiger charge is 2.12. The van der Waals surface area contributed by atoms with Crippen molar-refractivity contribution < 1.29 is 9.53 Å². The maximum atomic E-state index is 12.1. The lowest BCUT2D eigenvalue weighted by Gasteiger charge is -2.17. The second-order valence-electron chi connectivity index (χ2n) is 8.83. The molecule has 0 aromatic heterocycles. The number of hydrogen-bond acceptors (Lipinski definition) is 2. The molecule has 0 aliphatic heterocycles. The standard InChI is InChI=1S/C26H52O2/c1-4-7-10-12-13-14-15-17-20-23-26(27)28-24-25(21-18-9-6-3)22-19-16-11-8-5-2/h25H,4-24H2,1-3H3. The average molecular weight is 397 g/mol. The highest BCUT2D eigenvalue weighted by atomic mass is 16.5. The molecule has 1 atom stereocenters. The van der Waals surface area contributed by atoms with E-state index < -0.39 is 0 Å². The van der Waals surface area contributed by atoms with Gasteiger partial charge >= 0.3 is 5.97 Å². The Morgan fingerprint density at radius 1 is 0.571 bits per heavy atom. The summed E-state index contributed by atoms with van der Waals surface area (Å²) in [4.78, 5) is 12.1. The Morgan fingerprint density at radius 2 is 0.964 bits per heavy atom. The first kappa shape index (κ1) is 27.5. The van der Waals surface area contributed by atoms with E-state index in [0.29, 0.717) is 18.9 Å². The van der Waals surface area contributed by atoms with E-state index in [-0.39, 0.29) is 5.97 Å². The minimum atomic E-state index is 0.0365. The molecule has 0 bridgehead atoms. The van der Waals surface area contributed by atoms with Crippen molar-refractivity contribution in [3.05, 3.63) is 0 Å². The summed E-state index contributed by atoms with van der Waals surface area (Å²) in [6, 6.07) is 0. The fourth-order valence-electron chi connectivity index (χ4n) is 3.89. The lowest BCUT2D eigenvalue weighted by Crippen LogP contribution is -2.14. The van der Waals surface area contributed by atoms with Crippen molar-refractivity contribution in [2.24, 2.45) is 5.92 Å². The average Bonchev–Trinajstić information content (AvgIpc) is 2.70. The van der Waals surface area contributed by atoms with Gasteiger partial charge in [-0.25, -0.2) is 0 Å². The number of esters is 1. The van der Waals surface area contributed by atoms with Gasteiger partial charge in [0.1, 0.15) is 0 Å². The molecule has 0 aromatic rings. The van der Waals surface area contributed by atoms with Crippen molar-refractivity contribution in [2.45, 2.75) is 149 Å². The largest absolute Gasteiger partial charge is 0.465 e. The van der Waals surface area contributed by atoms with E-state index in [1.165, 1.54) is 116 Å². The molecule has 0 spiro atoms. The van der Waals surface area contributed by atoms with Crippen LogP contribution in [-0.4, -0.2) is 12.6 Å². The second kappa shape index (κ2) is 22.8. The molecule has 168 valence electrons. The van der Waals surface area contributed by atoms with Gasteiger partial charge in [0.05, 0.1) is 6.61 Å². The summed E-state index contributed by atoms with van der Waals surface area (Å²) in [6.45, 7) is 7.44. The summed E-state index contributed by atoms with van der Waals surface area (Å²) in [7, 11) is 0. The first-order chi connectivity index (χ1) is 13.7. The Kier molecular flexibility index (Phi) is 22.3. The van der Waals surface area contributed by atoms with E-state index in [9.17, 15) is 4.79 Å². The first-order valence-corrected chi connectivity index (χ1v) is 12.9. The molecular formula is C26H52O2. The van der Waals surface area contributed by atoms with Crippen molar-refractivity contribution in [2.75, 3.05) is 6.61 Å². The molecule has 0 saturated heterocycles. The summed E-state index contributed by atoms with van der Waals surface area (Å²) < 4.78 is 5.65. The van der Waals surface area contributed by atoms with Gasteiger partial charge in [-0.1, -0.05) is 124 Å². The summed E-state index contributed by atoms with van der Waals surface area (Å²) in [6.07, 6.45) is 25.2. The molecule has 0 aromatic carbocycles. The van der Waals surface area contributed by atoms with Gasteiger partial charge in [0, 0.05) is 6.42 Å². The summed E-state index contributed by atoms with van der Waals surface area (Å²) in [5.41, 5.74) is 0. The zero-order valence-corrected chi connectivity index (χ0v) is 19.7. The lowest BCUT2D eigenvalue weighted by molar-refractivity contribution is -0.145. The Labute approximate surface area is 177 Å². The van der Waals surface area contributed by atoms with Gasteiger partial charge < -0.3 is 4.74 Å². The maximum Gasteiger partial charge on any atom is 0.305 e. The van der Waals surface area contributed by atoms with Crippen LogP contribution in [0.25, 0.3) is 0 Å². The van der Waals surface area contributed by atoms with Crippen LogP contribution < -0.4 is 0 Å². The van der Waals surface area contributed by atoms with Crippen LogP contribution in [0.1, 0.15) is 149 Å². The number of hydrogen-bond donors (Lipinski definition) is 0. The monoisotopic (exact) mass is 396 g/mol. The molecular weight excluding hydrogens is 344 g/mol. The topological polar surface area (TPSA) is 26.3 Å². The van der Waals surface area contributed by atoms with E-state index in [4.69, 9.17) is 4.74 Å². The number of rotatable bonds is 22. The van der Waals surface area contributed by atoms with Gasteiger partial charge in [0.25, 0.3) is 0 Å². The van der Waals surface area contributed by atoms with Gasteiger partial charge in [-0.15, -0.1) is 0 Å². The number of carbonyl (C=O) groups excluding carboxylic acids is 1. The van der Waals surface area contributed by atoms with E-state index >= 15 is 0 Å². The molecule has 0 radical (unpaired) electrons. The molecule has 0 amide bonds. The van der Waals surface area contributed by atoms with Crippen LogP contribution in [-0.2, 0) is 9.53 Å². The van der Waals surface area contributed by atoms with E-state index in [0.717, 1.165) is 6.42 Å². The van der Waals surface area contributed by atoms with Gasteiger partial charge in [-0.3, -0.25) is 4.79 Å². The molecule has 0 heterocycles. The molecule has 0 aliphatic rings. The van der Waals surface area contributed by atoms with E-state index in [1.807, 2.05) is 0 Å². The van der Waals surface area contributed by atoms with E-state index in [2.05, 4.69) is 20.8 Å². The second-order valence-corrected chi connectivity index (χ2v) is 8.83. The molecule has 0 N–H and O–H groups in total. The normalized spacial score (nSPS) is 12.2. The van der Waals surface area contributed by atoms with Crippen LogP contribution in [0.4, 0.5) is 0 Å². The predicted octanol–water partition coefficient (Wildman–Crippen LogP) is 9.01. The summed E-state index contributed by atoms with van der Waals surface area (Å²) in [5.74, 6) is 0.620. The van der Waals surface area contributed by atoms with Crippen LogP contribution in [0.2, 0.25) is 0 Å². The Morgan fingerprint density at radius 3 is 1.50 bits per heavy atom. The van der Waals surface area contributed by atoms with Crippen molar-refractivity contribution in [1.29, 1.82) is 0 Å². The van der Waals surface area contributed by atoms with Gasteiger partial charge in [0.15, 0.2) is 0 Å². The predicted molar refractivity (Wildman–Crippen MR) is 124 cm³/mol. The van der Waals surface area contributed by atoms with Crippen LogP contribution in [0, 0.1) is 5.92 Å². The van der Waals surface area contributed by atoms with Crippen molar-refractivity contribution in [3.63, 3.8) is 0 Å². The van der Waals surface area contributed by atoms with E-state index in [1.54, 1.807) is 0 Å². The molecule has 1 unspecified atom stereocenters. The Balaban J connectivity index is 3.74.